The Morgan fingerprint density at radius 1 is 1.62 bits per heavy atom. The second kappa shape index (κ2) is 4.79. The van der Waals surface area contributed by atoms with E-state index in [2.05, 4.69) is 9.72 Å². The first-order valence-electron chi connectivity index (χ1n) is 3.51. The van der Waals surface area contributed by atoms with Crippen molar-refractivity contribution >= 4 is 16.8 Å². The molecule has 0 atom stereocenters. The van der Waals surface area contributed by atoms with Crippen LogP contribution in [-0.2, 0) is 4.74 Å². The van der Waals surface area contributed by atoms with Gasteiger partial charge in [-0.05, 0) is 17.7 Å². The van der Waals surface area contributed by atoms with Crippen molar-refractivity contribution in [1.29, 1.82) is 0 Å². The highest BCUT2D eigenvalue weighted by Gasteiger charge is 2.01. The fourth-order valence-electron chi connectivity index (χ4n) is 0.701. The highest BCUT2D eigenvalue weighted by atomic mass is 35.5. The molecule has 1 rings (SSSR count). The number of pyridine rings is 1. The number of halogens is 1. The molecule has 1 aromatic heterocycles. The van der Waals surface area contributed by atoms with Crippen LogP contribution in [0, 0.1) is 0 Å². The van der Waals surface area contributed by atoms with Gasteiger partial charge in [0.05, 0.1) is 5.56 Å². The fraction of sp³-hybridized carbons (Fsp3) is 0.250. The van der Waals surface area contributed by atoms with E-state index in [9.17, 15) is 4.79 Å². The van der Waals surface area contributed by atoms with E-state index >= 15 is 0 Å². The van der Waals surface area contributed by atoms with Gasteiger partial charge >= 0.3 is 0 Å². The van der Waals surface area contributed by atoms with Gasteiger partial charge in [0.2, 0.25) is 5.88 Å². The Morgan fingerprint density at radius 3 is 2.85 bits per heavy atom. The van der Waals surface area contributed by atoms with Gasteiger partial charge in [-0.1, -0.05) is 0 Å². The number of carbonyl (C=O) groups excluding carboxylic acids is 1. The lowest BCUT2D eigenvalue weighted by molar-refractivity contribution is 0.0478. The number of nitrogens with zero attached hydrogens (tertiary/aromatic N) is 1. The Morgan fingerprint density at radius 2 is 2.38 bits per heavy atom. The van der Waals surface area contributed by atoms with Crippen LogP contribution in [0.25, 0.3) is 0 Å². The Hall–Kier alpha value is -1.13. The Bertz CT molecular complexity index is 286. The van der Waals surface area contributed by atoms with Crippen LogP contribution < -0.4 is 4.74 Å². The minimum absolute atomic E-state index is 0.126. The summed E-state index contributed by atoms with van der Waals surface area (Å²) in [5.41, 5.74) is 0.339. The van der Waals surface area contributed by atoms with Crippen molar-refractivity contribution in [1.82, 2.24) is 4.98 Å². The second-order valence-corrected chi connectivity index (χ2v) is 2.55. The molecular formula is C8H8ClNO3. The van der Waals surface area contributed by atoms with E-state index < -0.39 is 5.24 Å². The summed E-state index contributed by atoms with van der Waals surface area (Å²) in [6.07, 6.45) is 1.35. The maximum atomic E-state index is 10.6. The number of aromatic nitrogens is 1. The highest BCUT2D eigenvalue weighted by Crippen LogP contribution is 2.09. The molecule has 0 radical (unpaired) electrons. The summed E-state index contributed by atoms with van der Waals surface area (Å²) in [5.74, 6) is 0.392. The van der Waals surface area contributed by atoms with Gasteiger partial charge in [-0.15, -0.1) is 0 Å². The zero-order valence-corrected chi connectivity index (χ0v) is 7.75. The molecule has 0 aliphatic rings. The molecular weight excluding hydrogens is 194 g/mol. The zero-order chi connectivity index (χ0) is 9.68. The molecule has 0 saturated heterocycles. The van der Waals surface area contributed by atoms with Crippen LogP contribution in [0.3, 0.4) is 0 Å². The Balaban J connectivity index is 2.64. The summed E-state index contributed by atoms with van der Waals surface area (Å²) in [7, 11) is 1.51. The average Bonchev–Trinajstić information content (AvgIpc) is 2.15. The first-order valence-corrected chi connectivity index (χ1v) is 3.89. The summed E-state index contributed by atoms with van der Waals surface area (Å²) >= 11 is 5.22. The van der Waals surface area contributed by atoms with Crippen molar-refractivity contribution in [2.24, 2.45) is 0 Å². The number of rotatable bonds is 4. The van der Waals surface area contributed by atoms with Gasteiger partial charge in [0.15, 0.2) is 6.79 Å². The molecule has 0 aliphatic heterocycles. The van der Waals surface area contributed by atoms with Crippen LogP contribution >= 0.6 is 11.6 Å². The first kappa shape index (κ1) is 9.95. The summed E-state index contributed by atoms with van der Waals surface area (Å²) < 4.78 is 9.67. The van der Waals surface area contributed by atoms with Crippen molar-refractivity contribution in [3.05, 3.63) is 23.9 Å². The highest BCUT2D eigenvalue weighted by molar-refractivity contribution is 6.67. The molecule has 70 valence electrons. The number of ether oxygens (including phenoxy) is 2. The SMILES string of the molecule is COCOc1ccc(C(=O)Cl)cn1. The van der Waals surface area contributed by atoms with Crippen LogP contribution in [0.2, 0.25) is 0 Å². The van der Waals surface area contributed by atoms with Crippen molar-refractivity contribution in [3.63, 3.8) is 0 Å². The molecule has 13 heavy (non-hydrogen) atoms. The number of hydrogen-bond acceptors (Lipinski definition) is 4. The molecule has 0 aromatic carbocycles. The topological polar surface area (TPSA) is 48.4 Å². The van der Waals surface area contributed by atoms with Crippen LogP contribution in [0.5, 0.6) is 5.88 Å². The van der Waals surface area contributed by atoms with Crippen LogP contribution in [0.15, 0.2) is 18.3 Å². The van der Waals surface area contributed by atoms with E-state index in [4.69, 9.17) is 16.3 Å². The molecule has 0 saturated carbocycles. The van der Waals surface area contributed by atoms with Crippen LogP contribution in [-0.4, -0.2) is 24.1 Å². The maximum absolute atomic E-state index is 10.6. The van der Waals surface area contributed by atoms with E-state index in [-0.39, 0.29) is 6.79 Å². The number of methoxy groups -OCH3 is 1. The van der Waals surface area contributed by atoms with Crippen molar-refractivity contribution in [2.75, 3.05) is 13.9 Å². The monoisotopic (exact) mass is 201 g/mol. The molecule has 0 unspecified atom stereocenters. The molecule has 0 spiro atoms. The smallest absolute Gasteiger partial charge is 0.253 e. The van der Waals surface area contributed by atoms with Gasteiger partial charge in [0.25, 0.3) is 5.24 Å². The third kappa shape index (κ3) is 3.01. The molecule has 0 N–H and O–H groups in total. The van der Waals surface area contributed by atoms with Gasteiger partial charge in [0.1, 0.15) is 0 Å². The zero-order valence-electron chi connectivity index (χ0n) is 6.99. The average molecular weight is 202 g/mol. The second-order valence-electron chi connectivity index (χ2n) is 2.21. The van der Waals surface area contributed by atoms with Crippen molar-refractivity contribution < 1.29 is 14.3 Å². The molecule has 0 fully saturated rings. The summed E-state index contributed by atoms with van der Waals surface area (Å²) in [5, 5.41) is -0.536. The predicted molar refractivity (Wildman–Crippen MR) is 46.9 cm³/mol. The molecule has 1 heterocycles. The Kier molecular flexibility index (Phi) is 3.67. The largest absolute Gasteiger partial charge is 0.451 e. The van der Waals surface area contributed by atoms with Crippen LogP contribution in [0.1, 0.15) is 10.4 Å². The van der Waals surface area contributed by atoms with E-state index in [1.54, 1.807) is 6.07 Å². The fourth-order valence-corrected chi connectivity index (χ4v) is 0.813. The summed E-state index contributed by atoms with van der Waals surface area (Å²) in [6, 6.07) is 3.09. The third-order valence-electron chi connectivity index (χ3n) is 1.29. The van der Waals surface area contributed by atoms with E-state index in [1.165, 1.54) is 19.4 Å². The minimum Gasteiger partial charge on any atom is -0.451 e. The molecule has 0 bridgehead atoms. The summed E-state index contributed by atoms with van der Waals surface area (Å²) in [4.78, 5) is 14.5. The molecule has 4 nitrogen and oxygen atoms in total. The normalized spacial score (nSPS) is 9.69. The third-order valence-corrected chi connectivity index (χ3v) is 1.51. The van der Waals surface area contributed by atoms with Crippen LogP contribution in [0.4, 0.5) is 0 Å². The standard InChI is InChI=1S/C8H8ClNO3/c1-12-5-13-7-3-2-6(4-10-7)8(9)11/h2-4H,5H2,1H3. The van der Waals surface area contributed by atoms with Gasteiger partial charge < -0.3 is 9.47 Å². The van der Waals surface area contributed by atoms with Crippen molar-refractivity contribution in [3.8, 4) is 5.88 Å². The van der Waals surface area contributed by atoms with E-state index in [0.29, 0.717) is 11.4 Å². The molecule has 1 aromatic rings. The van der Waals surface area contributed by atoms with E-state index in [1.807, 2.05) is 0 Å². The van der Waals surface area contributed by atoms with Gasteiger partial charge in [-0.2, -0.15) is 0 Å². The van der Waals surface area contributed by atoms with E-state index in [0.717, 1.165) is 0 Å². The maximum Gasteiger partial charge on any atom is 0.253 e. The van der Waals surface area contributed by atoms with Gasteiger partial charge in [-0.3, -0.25) is 4.79 Å². The quantitative estimate of drug-likeness (QED) is 0.547. The lowest BCUT2D eigenvalue weighted by atomic mass is 10.3. The molecule has 0 amide bonds. The lowest BCUT2D eigenvalue weighted by Crippen LogP contribution is -2.01. The lowest BCUT2D eigenvalue weighted by Gasteiger charge is -2.02. The number of hydrogen-bond donors (Lipinski definition) is 0. The van der Waals surface area contributed by atoms with Crippen molar-refractivity contribution in [2.45, 2.75) is 0 Å². The molecule has 0 aliphatic carbocycles. The van der Waals surface area contributed by atoms with Gasteiger partial charge in [-0.25, -0.2) is 4.98 Å². The first-order chi connectivity index (χ1) is 6.24. The molecule has 5 heteroatoms. The predicted octanol–water partition coefficient (Wildman–Crippen LogP) is 1.44. The minimum atomic E-state index is -0.536. The van der Waals surface area contributed by atoms with Gasteiger partial charge in [0, 0.05) is 19.4 Å². The Labute approximate surface area is 80.4 Å². The number of carbonyl (C=O) groups is 1. The summed E-state index contributed by atoms with van der Waals surface area (Å²) in [6.45, 7) is 0.126.